The van der Waals surface area contributed by atoms with E-state index in [0.717, 1.165) is 4.88 Å². The molecule has 0 radical (unpaired) electrons. The predicted molar refractivity (Wildman–Crippen MR) is 69.8 cm³/mol. The molecule has 3 rings (SSSR count). The average Bonchev–Trinajstić information content (AvgIpc) is 2.91. The van der Waals surface area contributed by atoms with Crippen LogP contribution in [0.25, 0.3) is 21.6 Å². The molecule has 2 aromatic heterocycles. The zero-order valence-electron chi connectivity index (χ0n) is 9.20. The van der Waals surface area contributed by atoms with Gasteiger partial charge in [-0.1, -0.05) is 12.1 Å². The molecule has 2 heterocycles. The number of aromatic nitrogens is 2. The Morgan fingerprint density at radius 1 is 1.22 bits per heavy atom. The molecule has 0 saturated heterocycles. The Morgan fingerprint density at radius 3 is 2.83 bits per heavy atom. The van der Waals surface area contributed by atoms with E-state index in [1.807, 2.05) is 17.5 Å². The second-order valence-electron chi connectivity index (χ2n) is 3.71. The van der Waals surface area contributed by atoms with Crippen LogP contribution in [0.15, 0.2) is 41.9 Å². The molecule has 0 atom stereocenters. The van der Waals surface area contributed by atoms with Gasteiger partial charge in [-0.2, -0.15) is 0 Å². The Kier molecular flexibility index (Phi) is 2.53. The highest BCUT2D eigenvalue weighted by Gasteiger charge is 2.11. The fourth-order valence-corrected chi connectivity index (χ4v) is 2.43. The Labute approximate surface area is 107 Å². The smallest absolute Gasteiger partial charge is 0.337 e. The Hall–Kier alpha value is -2.27. The molecule has 0 spiro atoms. The van der Waals surface area contributed by atoms with Crippen LogP contribution in [0.1, 0.15) is 10.4 Å². The minimum Gasteiger partial charge on any atom is -0.478 e. The molecule has 0 aliphatic carbocycles. The van der Waals surface area contributed by atoms with Crippen molar-refractivity contribution in [2.45, 2.75) is 0 Å². The van der Waals surface area contributed by atoms with Crippen LogP contribution in [-0.2, 0) is 0 Å². The van der Waals surface area contributed by atoms with Crippen molar-refractivity contribution in [3.63, 3.8) is 0 Å². The number of fused-ring (bicyclic) bond motifs is 1. The summed E-state index contributed by atoms with van der Waals surface area (Å²) in [5.74, 6) is -0.988. The Morgan fingerprint density at radius 2 is 2.11 bits per heavy atom. The number of carbonyl (C=O) groups is 1. The predicted octanol–water partition coefficient (Wildman–Crippen LogP) is 3.06. The molecule has 0 aliphatic heterocycles. The molecule has 88 valence electrons. The maximum absolute atomic E-state index is 11.1. The van der Waals surface area contributed by atoms with Crippen molar-refractivity contribution in [1.82, 2.24) is 9.97 Å². The maximum atomic E-state index is 11.1. The highest BCUT2D eigenvalue weighted by atomic mass is 32.1. The summed E-state index contributed by atoms with van der Waals surface area (Å²) in [4.78, 5) is 20.8. The molecule has 0 unspecified atom stereocenters. The number of carboxylic acids is 1. The first-order chi connectivity index (χ1) is 8.75. The normalized spacial score (nSPS) is 10.7. The monoisotopic (exact) mass is 256 g/mol. The molecular weight excluding hydrogens is 248 g/mol. The van der Waals surface area contributed by atoms with Gasteiger partial charge in [-0.05, 0) is 23.6 Å². The fourth-order valence-electron chi connectivity index (χ4n) is 1.75. The van der Waals surface area contributed by atoms with Gasteiger partial charge in [-0.15, -0.1) is 11.3 Å². The molecule has 0 bridgehead atoms. The minimum absolute atomic E-state index is 0.179. The van der Waals surface area contributed by atoms with E-state index in [-0.39, 0.29) is 5.56 Å². The van der Waals surface area contributed by atoms with Gasteiger partial charge in [-0.25, -0.2) is 9.78 Å². The summed E-state index contributed by atoms with van der Waals surface area (Å²) in [5, 5.41) is 11.1. The van der Waals surface area contributed by atoms with Crippen LogP contribution in [-0.4, -0.2) is 21.0 Å². The first kappa shape index (κ1) is 10.9. The lowest BCUT2D eigenvalue weighted by Crippen LogP contribution is -2.00. The molecule has 0 saturated carbocycles. The van der Waals surface area contributed by atoms with Crippen molar-refractivity contribution in [2.24, 2.45) is 0 Å². The van der Waals surface area contributed by atoms with E-state index in [1.54, 1.807) is 29.7 Å². The largest absolute Gasteiger partial charge is 0.478 e. The molecule has 0 amide bonds. The third-order valence-corrected chi connectivity index (χ3v) is 3.47. The van der Waals surface area contributed by atoms with Gasteiger partial charge < -0.3 is 5.11 Å². The van der Waals surface area contributed by atoms with E-state index in [9.17, 15) is 4.79 Å². The van der Waals surface area contributed by atoms with E-state index in [1.165, 1.54) is 6.07 Å². The van der Waals surface area contributed by atoms with Crippen molar-refractivity contribution < 1.29 is 9.90 Å². The highest BCUT2D eigenvalue weighted by Crippen LogP contribution is 2.24. The number of thiophene rings is 1. The first-order valence-corrected chi connectivity index (χ1v) is 6.16. The number of hydrogen-bond acceptors (Lipinski definition) is 4. The van der Waals surface area contributed by atoms with E-state index in [0.29, 0.717) is 16.7 Å². The summed E-state index contributed by atoms with van der Waals surface area (Å²) in [5.41, 5.74) is 1.90. The second-order valence-corrected chi connectivity index (χ2v) is 4.66. The van der Waals surface area contributed by atoms with Gasteiger partial charge in [0.1, 0.15) is 5.52 Å². The molecule has 5 heteroatoms. The van der Waals surface area contributed by atoms with Crippen LogP contribution in [0, 0.1) is 0 Å². The minimum atomic E-state index is -0.988. The molecular formula is C13H8N2O2S. The summed E-state index contributed by atoms with van der Waals surface area (Å²) in [7, 11) is 0. The molecule has 0 fully saturated rings. The number of para-hydroxylation sites is 1. The lowest BCUT2D eigenvalue weighted by atomic mass is 10.1. The summed E-state index contributed by atoms with van der Waals surface area (Å²) in [6.45, 7) is 0. The molecule has 3 aromatic rings. The van der Waals surface area contributed by atoms with E-state index < -0.39 is 5.97 Å². The lowest BCUT2D eigenvalue weighted by molar-refractivity contribution is 0.0699. The SMILES string of the molecule is O=C(O)c1cccc2ncc(-c3cccs3)nc12. The number of aromatic carboxylic acids is 1. The third kappa shape index (κ3) is 1.74. The zero-order chi connectivity index (χ0) is 12.5. The maximum Gasteiger partial charge on any atom is 0.337 e. The Balaban J connectivity index is 2.28. The highest BCUT2D eigenvalue weighted by molar-refractivity contribution is 7.13. The van der Waals surface area contributed by atoms with Crippen LogP contribution in [0.3, 0.4) is 0 Å². The summed E-state index contributed by atoms with van der Waals surface area (Å²) in [6, 6.07) is 8.83. The van der Waals surface area contributed by atoms with Gasteiger partial charge in [-0.3, -0.25) is 4.98 Å². The van der Waals surface area contributed by atoms with Gasteiger partial charge in [0.2, 0.25) is 0 Å². The van der Waals surface area contributed by atoms with Gasteiger partial charge in [0.05, 0.1) is 27.8 Å². The van der Waals surface area contributed by atoms with E-state index in [4.69, 9.17) is 5.11 Å². The zero-order valence-corrected chi connectivity index (χ0v) is 10.0. The first-order valence-electron chi connectivity index (χ1n) is 5.28. The fraction of sp³-hybridized carbons (Fsp3) is 0. The molecule has 0 aliphatic rings. The summed E-state index contributed by atoms with van der Waals surface area (Å²) in [6.07, 6.45) is 1.67. The lowest BCUT2D eigenvalue weighted by Gasteiger charge is -2.03. The van der Waals surface area contributed by atoms with Crippen molar-refractivity contribution in [1.29, 1.82) is 0 Å². The third-order valence-electron chi connectivity index (χ3n) is 2.58. The number of benzene rings is 1. The average molecular weight is 256 g/mol. The van der Waals surface area contributed by atoms with Crippen molar-refractivity contribution in [2.75, 3.05) is 0 Å². The molecule has 1 N–H and O–H groups in total. The number of hydrogen-bond donors (Lipinski definition) is 1. The van der Waals surface area contributed by atoms with Gasteiger partial charge in [0, 0.05) is 0 Å². The van der Waals surface area contributed by atoms with Gasteiger partial charge in [0.25, 0.3) is 0 Å². The topological polar surface area (TPSA) is 63.1 Å². The standard InChI is InChI=1S/C13H8N2O2S/c16-13(17)8-3-1-4-9-12(8)15-10(7-14-9)11-5-2-6-18-11/h1-7H,(H,16,17). The number of rotatable bonds is 2. The quantitative estimate of drug-likeness (QED) is 0.765. The van der Waals surface area contributed by atoms with E-state index >= 15 is 0 Å². The van der Waals surface area contributed by atoms with Crippen LogP contribution in [0.4, 0.5) is 0 Å². The van der Waals surface area contributed by atoms with Crippen LogP contribution < -0.4 is 0 Å². The molecule has 1 aromatic carbocycles. The van der Waals surface area contributed by atoms with Gasteiger partial charge >= 0.3 is 5.97 Å². The van der Waals surface area contributed by atoms with Crippen molar-refractivity contribution in [3.05, 3.63) is 47.5 Å². The summed E-state index contributed by atoms with van der Waals surface area (Å²) < 4.78 is 0. The summed E-state index contributed by atoms with van der Waals surface area (Å²) >= 11 is 1.55. The van der Waals surface area contributed by atoms with Crippen molar-refractivity contribution in [3.8, 4) is 10.6 Å². The number of nitrogens with zero attached hydrogens (tertiary/aromatic N) is 2. The second kappa shape index (κ2) is 4.19. The van der Waals surface area contributed by atoms with Crippen LogP contribution in [0.5, 0.6) is 0 Å². The number of carboxylic acid groups (broad SMARTS) is 1. The molecule has 18 heavy (non-hydrogen) atoms. The van der Waals surface area contributed by atoms with Crippen molar-refractivity contribution >= 4 is 28.3 Å². The Bertz CT molecular complexity index is 723. The van der Waals surface area contributed by atoms with Crippen LogP contribution in [0.2, 0.25) is 0 Å². The van der Waals surface area contributed by atoms with E-state index in [2.05, 4.69) is 9.97 Å². The van der Waals surface area contributed by atoms with Crippen LogP contribution >= 0.6 is 11.3 Å². The molecule has 4 nitrogen and oxygen atoms in total. The van der Waals surface area contributed by atoms with Gasteiger partial charge in [0.15, 0.2) is 0 Å².